The van der Waals surface area contributed by atoms with Crippen molar-refractivity contribution >= 4 is 33.3 Å². The summed E-state index contributed by atoms with van der Waals surface area (Å²) in [7, 11) is 0. The molecule has 2 N–H and O–H groups in total. The third-order valence-electron chi connectivity index (χ3n) is 4.15. The molecule has 1 amide bonds. The Hall–Kier alpha value is -1.88. The molecule has 0 spiro atoms. The first-order valence-corrected chi connectivity index (χ1v) is 7.98. The zero-order valence-electron chi connectivity index (χ0n) is 11.6. The Kier molecular flexibility index (Phi) is 3.68. The molecule has 2 aromatic rings. The highest BCUT2D eigenvalue weighted by atomic mass is 32.1. The number of fused-ring (bicyclic) bond motifs is 1. The van der Waals surface area contributed by atoms with E-state index in [9.17, 15) is 9.59 Å². The fraction of sp³-hybridized carbons (Fsp3) is 0.375. The van der Waals surface area contributed by atoms with Gasteiger partial charge in [0.2, 0.25) is 0 Å². The highest BCUT2D eigenvalue weighted by Gasteiger charge is 2.37. The van der Waals surface area contributed by atoms with E-state index >= 15 is 0 Å². The minimum absolute atomic E-state index is 0.000803. The lowest BCUT2D eigenvalue weighted by Gasteiger charge is -2.28. The number of benzene rings is 1. The lowest BCUT2D eigenvalue weighted by Crippen LogP contribution is -2.47. The number of aliphatic carboxylic acids is 1. The molecule has 0 aliphatic heterocycles. The van der Waals surface area contributed by atoms with Crippen LogP contribution in [0.15, 0.2) is 29.6 Å². The van der Waals surface area contributed by atoms with E-state index in [0.717, 1.165) is 35.8 Å². The fourth-order valence-corrected chi connectivity index (χ4v) is 4.09. The number of hydrogen-bond acceptors (Lipinski definition) is 3. The predicted octanol–water partition coefficient (Wildman–Crippen LogP) is 3.42. The molecule has 1 aliphatic rings. The number of amides is 1. The summed E-state index contributed by atoms with van der Waals surface area (Å²) >= 11 is 1.54. The Balaban J connectivity index is 1.86. The minimum Gasteiger partial charge on any atom is -0.481 e. The van der Waals surface area contributed by atoms with E-state index in [0.29, 0.717) is 5.56 Å². The van der Waals surface area contributed by atoms with Crippen LogP contribution in [-0.2, 0) is 4.79 Å². The van der Waals surface area contributed by atoms with Crippen molar-refractivity contribution in [3.63, 3.8) is 0 Å². The van der Waals surface area contributed by atoms with Gasteiger partial charge in [-0.3, -0.25) is 9.59 Å². The molecule has 1 heterocycles. The highest BCUT2D eigenvalue weighted by Crippen LogP contribution is 2.34. The van der Waals surface area contributed by atoms with Crippen LogP contribution in [0.4, 0.5) is 0 Å². The molecule has 21 heavy (non-hydrogen) atoms. The second-order valence-electron chi connectivity index (χ2n) is 5.66. The third kappa shape index (κ3) is 2.78. The molecule has 1 aliphatic carbocycles. The first-order chi connectivity index (χ1) is 10.1. The maximum Gasteiger partial charge on any atom is 0.305 e. The molecule has 1 saturated carbocycles. The van der Waals surface area contributed by atoms with E-state index in [4.69, 9.17) is 5.11 Å². The van der Waals surface area contributed by atoms with E-state index in [1.807, 2.05) is 29.6 Å². The van der Waals surface area contributed by atoms with E-state index in [1.165, 1.54) is 11.3 Å². The average molecular weight is 303 g/mol. The maximum atomic E-state index is 12.6. The summed E-state index contributed by atoms with van der Waals surface area (Å²) in [5, 5.41) is 14.9. The largest absolute Gasteiger partial charge is 0.481 e. The van der Waals surface area contributed by atoms with E-state index in [-0.39, 0.29) is 12.3 Å². The third-order valence-corrected chi connectivity index (χ3v) is 5.12. The van der Waals surface area contributed by atoms with Crippen molar-refractivity contribution in [2.24, 2.45) is 0 Å². The van der Waals surface area contributed by atoms with Crippen molar-refractivity contribution in [3.8, 4) is 0 Å². The molecule has 0 unspecified atom stereocenters. The molecule has 0 saturated heterocycles. The van der Waals surface area contributed by atoms with Gasteiger partial charge in [-0.15, -0.1) is 11.3 Å². The molecule has 0 radical (unpaired) electrons. The van der Waals surface area contributed by atoms with Gasteiger partial charge in [-0.2, -0.15) is 0 Å². The van der Waals surface area contributed by atoms with Crippen molar-refractivity contribution < 1.29 is 14.7 Å². The van der Waals surface area contributed by atoms with Crippen LogP contribution in [-0.4, -0.2) is 22.5 Å². The monoisotopic (exact) mass is 303 g/mol. The smallest absolute Gasteiger partial charge is 0.305 e. The van der Waals surface area contributed by atoms with Gasteiger partial charge in [0.05, 0.1) is 17.5 Å². The van der Waals surface area contributed by atoms with E-state index < -0.39 is 11.5 Å². The summed E-state index contributed by atoms with van der Waals surface area (Å²) in [5.74, 6) is -1.01. The van der Waals surface area contributed by atoms with Crippen LogP contribution in [0.3, 0.4) is 0 Å². The van der Waals surface area contributed by atoms with Gasteiger partial charge in [0.1, 0.15) is 0 Å². The molecule has 110 valence electrons. The average Bonchev–Trinajstić information content (AvgIpc) is 3.04. The quantitative estimate of drug-likeness (QED) is 0.909. The summed E-state index contributed by atoms with van der Waals surface area (Å²) in [6, 6.07) is 7.77. The van der Waals surface area contributed by atoms with Crippen molar-refractivity contribution in [3.05, 3.63) is 35.2 Å². The van der Waals surface area contributed by atoms with Crippen molar-refractivity contribution in [2.45, 2.75) is 37.6 Å². The standard InChI is InChI=1S/C16H17NO3S/c18-14(19)9-16(7-3-4-8-16)17-15(20)12-10-21-13-6-2-1-5-11(12)13/h1-2,5-6,10H,3-4,7-9H2,(H,17,20)(H,18,19). The Labute approximate surface area is 126 Å². The minimum atomic E-state index is -0.854. The Morgan fingerprint density at radius 3 is 2.67 bits per heavy atom. The van der Waals surface area contributed by atoms with Crippen LogP contribution in [0.2, 0.25) is 0 Å². The van der Waals surface area contributed by atoms with Crippen LogP contribution in [0.25, 0.3) is 10.1 Å². The number of carboxylic acid groups (broad SMARTS) is 1. The van der Waals surface area contributed by atoms with E-state index in [2.05, 4.69) is 5.32 Å². The van der Waals surface area contributed by atoms with Crippen LogP contribution in [0, 0.1) is 0 Å². The summed E-state index contributed by atoms with van der Waals surface area (Å²) in [5.41, 5.74) is 0.0682. The number of thiophene rings is 1. The van der Waals surface area contributed by atoms with Crippen molar-refractivity contribution in [1.82, 2.24) is 5.32 Å². The SMILES string of the molecule is O=C(O)CC1(NC(=O)c2csc3ccccc23)CCCC1. The highest BCUT2D eigenvalue weighted by molar-refractivity contribution is 7.17. The molecule has 0 atom stereocenters. The van der Waals surface area contributed by atoms with Gasteiger partial charge in [-0.05, 0) is 18.9 Å². The maximum absolute atomic E-state index is 12.6. The van der Waals surface area contributed by atoms with Crippen molar-refractivity contribution in [1.29, 1.82) is 0 Å². The molecule has 4 nitrogen and oxygen atoms in total. The number of carbonyl (C=O) groups excluding carboxylic acids is 1. The zero-order chi connectivity index (χ0) is 14.9. The number of nitrogens with one attached hydrogen (secondary N) is 1. The lowest BCUT2D eigenvalue weighted by molar-refractivity contribution is -0.138. The second kappa shape index (κ2) is 5.48. The van der Waals surface area contributed by atoms with Crippen LogP contribution < -0.4 is 5.32 Å². The summed E-state index contributed by atoms with van der Waals surface area (Å²) in [6.45, 7) is 0. The second-order valence-corrected chi connectivity index (χ2v) is 6.57. The number of carbonyl (C=O) groups is 2. The van der Waals surface area contributed by atoms with Gasteiger partial charge in [0.15, 0.2) is 0 Å². The zero-order valence-corrected chi connectivity index (χ0v) is 12.4. The first kappa shape index (κ1) is 14.1. The normalized spacial score (nSPS) is 17.0. The predicted molar refractivity (Wildman–Crippen MR) is 82.7 cm³/mol. The number of rotatable bonds is 4. The Morgan fingerprint density at radius 1 is 1.24 bits per heavy atom. The van der Waals surface area contributed by atoms with Crippen LogP contribution in [0.5, 0.6) is 0 Å². The van der Waals surface area contributed by atoms with Gasteiger partial charge in [0.25, 0.3) is 5.91 Å². The molecule has 3 rings (SSSR count). The Bertz CT molecular complexity index is 686. The van der Waals surface area contributed by atoms with Gasteiger partial charge in [-0.1, -0.05) is 31.0 Å². The number of hydrogen-bond donors (Lipinski definition) is 2. The van der Waals surface area contributed by atoms with Gasteiger partial charge in [0, 0.05) is 15.5 Å². The first-order valence-electron chi connectivity index (χ1n) is 7.10. The molecule has 1 aromatic heterocycles. The van der Waals surface area contributed by atoms with Crippen LogP contribution >= 0.6 is 11.3 Å². The Morgan fingerprint density at radius 2 is 1.95 bits per heavy atom. The topological polar surface area (TPSA) is 66.4 Å². The van der Waals surface area contributed by atoms with Gasteiger partial charge in [-0.25, -0.2) is 0 Å². The fourth-order valence-electron chi connectivity index (χ4n) is 3.15. The van der Waals surface area contributed by atoms with E-state index in [1.54, 1.807) is 0 Å². The lowest BCUT2D eigenvalue weighted by atomic mass is 9.92. The summed E-state index contributed by atoms with van der Waals surface area (Å²) in [4.78, 5) is 23.7. The summed E-state index contributed by atoms with van der Waals surface area (Å²) in [6.07, 6.45) is 3.43. The molecule has 1 aromatic carbocycles. The van der Waals surface area contributed by atoms with Gasteiger partial charge < -0.3 is 10.4 Å². The molecular weight excluding hydrogens is 286 g/mol. The summed E-state index contributed by atoms with van der Waals surface area (Å²) < 4.78 is 1.07. The van der Waals surface area contributed by atoms with Crippen LogP contribution in [0.1, 0.15) is 42.5 Å². The number of carboxylic acids is 1. The molecule has 5 heteroatoms. The molecule has 1 fully saturated rings. The molecular formula is C16H17NO3S. The van der Waals surface area contributed by atoms with Gasteiger partial charge >= 0.3 is 5.97 Å². The molecule has 0 bridgehead atoms. The van der Waals surface area contributed by atoms with Crippen molar-refractivity contribution in [2.75, 3.05) is 0 Å².